The Morgan fingerprint density at radius 1 is 1.73 bits per heavy atom. The lowest BCUT2D eigenvalue weighted by molar-refractivity contribution is -0.120. The van der Waals surface area contributed by atoms with E-state index in [2.05, 4.69) is 4.99 Å². The quantitative estimate of drug-likeness (QED) is 0.606. The van der Waals surface area contributed by atoms with Gasteiger partial charge in [-0.25, -0.2) is 0 Å². The van der Waals surface area contributed by atoms with E-state index in [0.29, 0.717) is 6.42 Å². The summed E-state index contributed by atoms with van der Waals surface area (Å²) in [6.45, 7) is 3.84. The van der Waals surface area contributed by atoms with E-state index in [-0.39, 0.29) is 11.7 Å². The molecular formula is C9H13NO. The molecule has 0 N–H and O–H groups in total. The summed E-state index contributed by atoms with van der Waals surface area (Å²) >= 11 is 0. The third-order valence-electron chi connectivity index (χ3n) is 1.74. The second kappa shape index (κ2) is 3.46. The molecular weight excluding hydrogens is 138 g/mol. The lowest BCUT2D eigenvalue weighted by Gasteiger charge is -2.02. The number of rotatable bonds is 3. The van der Waals surface area contributed by atoms with Crippen LogP contribution in [0.15, 0.2) is 17.3 Å². The van der Waals surface area contributed by atoms with Gasteiger partial charge in [-0.2, -0.15) is 0 Å². The van der Waals surface area contributed by atoms with Crippen LogP contribution in [0.1, 0.15) is 26.7 Å². The Morgan fingerprint density at radius 2 is 2.45 bits per heavy atom. The van der Waals surface area contributed by atoms with Gasteiger partial charge in [0, 0.05) is 30.7 Å². The molecule has 0 saturated heterocycles. The van der Waals surface area contributed by atoms with Gasteiger partial charge in [0.25, 0.3) is 0 Å². The van der Waals surface area contributed by atoms with E-state index in [4.69, 9.17) is 0 Å². The first kappa shape index (κ1) is 8.18. The molecule has 11 heavy (non-hydrogen) atoms. The molecule has 2 heteroatoms. The molecule has 1 aliphatic heterocycles. The Bertz CT molecular complexity index is 214. The van der Waals surface area contributed by atoms with Crippen LogP contribution in [-0.4, -0.2) is 11.5 Å². The summed E-state index contributed by atoms with van der Waals surface area (Å²) in [6, 6.07) is 0. The van der Waals surface area contributed by atoms with E-state index < -0.39 is 0 Å². The number of aliphatic imine (C=N–C) groups is 1. The molecule has 0 aromatic carbocycles. The highest BCUT2D eigenvalue weighted by atomic mass is 16.1. The van der Waals surface area contributed by atoms with E-state index >= 15 is 0 Å². The highest BCUT2D eigenvalue weighted by Crippen LogP contribution is 2.07. The predicted molar refractivity (Wildman–Crippen MR) is 45.7 cm³/mol. The predicted octanol–water partition coefficient (Wildman–Crippen LogP) is 1.96. The maximum atomic E-state index is 11.2. The van der Waals surface area contributed by atoms with Crippen molar-refractivity contribution in [3.05, 3.63) is 12.3 Å². The van der Waals surface area contributed by atoms with Crippen LogP contribution in [0.2, 0.25) is 0 Å². The van der Waals surface area contributed by atoms with E-state index in [1.165, 1.54) is 0 Å². The Morgan fingerprint density at radius 3 is 2.91 bits per heavy atom. The molecule has 0 spiro atoms. The van der Waals surface area contributed by atoms with Crippen LogP contribution < -0.4 is 0 Å². The molecule has 60 valence electrons. The van der Waals surface area contributed by atoms with Crippen LogP contribution in [-0.2, 0) is 4.79 Å². The molecule has 0 aliphatic carbocycles. The molecule has 0 aromatic rings. The van der Waals surface area contributed by atoms with Gasteiger partial charge in [-0.05, 0) is 0 Å². The number of hydrogen-bond acceptors (Lipinski definition) is 2. The fraction of sp³-hybridized carbons (Fsp3) is 0.556. The Hall–Kier alpha value is -0.920. The van der Waals surface area contributed by atoms with Crippen molar-refractivity contribution < 1.29 is 4.79 Å². The fourth-order valence-electron chi connectivity index (χ4n) is 0.923. The van der Waals surface area contributed by atoms with Gasteiger partial charge in [-0.1, -0.05) is 19.9 Å². The van der Waals surface area contributed by atoms with Crippen molar-refractivity contribution in [3.63, 3.8) is 0 Å². The number of hydrogen-bond donors (Lipinski definition) is 0. The summed E-state index contributed by atoms with van der Waals surface area (Å²) < 4.78 is 0. The number of Topliss-reactive ketones (excluding diaryl/α,β-unsaturated/α-hetero) is 1. The number of allylic oxidation sites excluding steroid dienone is 1. The van der Waals surface area contributed by atoms with Gasteiger partial charge in [0.15, 0.2) is 0 Å². The largest absolute Gasteiger partial charge is 0.299 e. The zero-order chi connectivity index (χ0) is 8.27. The first-order valence-corrected chi connectivity index (χ1v) is 3.93. The van der Waals surface area contributed by atoms with Gasteiger partial charge in [-0.3, -0.25) is 9.79 Å². The minimum Gasteiger partial charge on any atom is -0.299 e. The Labute approximate surface area is 67.0 Å². The second-order valence-corrected chi connectivity index (χ2v) is 3.08. The molecule has 1 aliphatic rings. The standard InChI is InChI=1S/C9H13NO/c1-7(2)9(11)6-8-4-3-5-10-8/h3,5,7H,4,6H2,1-2H3. The van der Waals surface area contributed by atoms with Crippen LogP contribution in [0.5, 0.6) is 0 Å². The van der Waals surface area contributed by atoms with E-state index in [0.717, 1.165) is 12.1 Å². The maximum absolute atomic E-state index is 11.2. The normalized spacial score (nSPS) is 15.7. The molecule has 0 bridgehead atoms. The third-order valence-corrected chi connectivity index (χ3v) is 1.74. The monoisotopic (exact) mass is 151 g/mol. The highest BCUT2D eigenvalue weighted by Gasteiger charge is 2.11. The van der Waals surface area contributed by atoms with Crippen molar-refractivity contribution in [1.29, 1.82) is 0 Å². The van der Waals surface area contributed by atoms with Crippen LogP contribution in [0.25, 0.3) is 0 Å². The minimum absolute atomic E-state index is 0.137. The molecule has 1 heterocycles. The molecule has 0 amide bonds. The van der Waals surface area contributed by atoms with Crippen molar-refractivity contribution >= 4 is 11.5 Å². The van der Waals surface area contributed by atoms with Crippen LogP contribution in [0, 0.1) is 5.92 Å². The molecule has 1 rings (SSSR count). The lowest BCUT2D eigenvalue weighted by atomic mass is 10.0. The van der Waals surface area contributed by atoms with E-state index in [1.807, 2.05) is 19.9 Å². The Balaban J connectivity index is 2.37. The molecule has 0 fully saturated rings. The maximum Gasteiger partial charge on any atom is 0.141 e. The van der Waals surface area contributed by atoms with Crippen molar-refractivity contribution in [2.24, 2.45) is 10.9 Å². The second-order valence-electron chi connectivity index (χ2n) is 3.08. The highest BCUT2D eigenvalue weighted by molar-refractivity contribution is 6.04. The number of carbonyl (C=O) groups excluding carboxylic acids is 1. The zero-order valence-corrected chi connectivity index (χ0v) is 7.00. The van der Waals surface area contributed by atoms with Crippen LogP contribution in [0.3, 0.4) is 0 Å². The van der Waals surface area contributed by atoms with Crippen molar-refractivity contribution in [2.75, 3.05) is 0 Å². The summed E-state index contributed by atoms with van der Waals surface area (Å²) in [7, 11) is 0. The summed E-state index contributed by atoms with van der Waals surface area (Å²) in [6.07, 6.45) is 5.13. The van der Waals surface area contributed by atoms with E-state index in [9.17, 15) is 4.79 Å². The summed E-state index contributed by atoms with van der Waals surface area (Å²) in [5.74, 6) is 0.422. The zero-order valence-electron chi connectivity index (χ0n) is 7.00. The van der Waals surface area contributed by atoms with E-state index in [1.54, 1.807) is 6.20 Å². The number of ketones is 1. The lowest BCUT2D eigenvalue weighted by Crippen LogP contribution is -2.11. The first-order chi connectivity index (χ1) is 5.20. The summed E-state index contributed by atoms with van der Waals surface area (Å²) in [5.41, 5.74) is 1.00. The molecule has 0 saturated carbocycles. The van der Waals surface area contributed by atoms with Gasteiger partial charge < -0.3 is 0 Å². The number of carbonyl (C=O) groups is 1. The van der Waals surface area contributed by atoms with Gasteiger partial charge >= 0.3 is 0 Å². The fourth-order valence-corrected chi connectivity index (χ4v) is 0.923. The molecule has 0 atom stereocenters. The van der Waals surface area contributed by atoms with Gasteiger partial charge in [0.1, 0.15) is 5.78 Å². The topological polar surface area (TPSA) is 29.4 Å². The smallest absolute Gasteiger partial charge is 0.141 e. The summed E-state index contributed by atoms with van der Waals surface area (Å²) in [4.78, 5) is 15.3. The van der Waals surface area contributed by atoms with Crippen molar-refractivity contribution in [2.45, 2.75) is 26.7 Å². The summed E-state index contributed by atoms with van der Waals surface area (Å²) in [5, 5.41) is 0. The van der Waals surface area contributed by atoms with Crippen LogP contribution in [0.4, 0.5) is 0 Å². The average molecular weight is 151 g/mol. The number of nitrogens with zero attached hydrogens (tertiary/aromatic N) is 1. The molecule has 0 unspecified atom stereocenters. The molecule has 2 nitrogen and oxygen atoms in total. The van der Waals surface area contributed by atoms with Gasteiger partial charge in [0.05, 0.1) is 0 Å². The first-order valence-electron chi connectivity index (χ1n) is 3.93. The van der Waals surface area contributed by atoms with Gasteiger partial charge in [0.2, 0.25) is 0 Å². The third kappa shape index (κ3) is 2.30. The van der Waals surface area contributed by atoms with Crippen molar-refractivity contribution in [3.8, 4) is 0 Å². The van der Waals surface area contributed by atoms with Gasteiger partial charge in [-0.15, -0.1) is 0 Å². The molecule has 0 aromatic heterocycles. The molecule has 0 radical (unpaired) electrons. The minimum atomic E-state index is 0.137. The Kier molecular flexibility index (Phi) is 2.58. The average Bonchev–Trinajstić information content (AvgIpc) is 2.39. The van der Waals surface area contributed by atoms with Crippen LogP contribution >= 0.6 is 0 Å². The van der Waals surface area contributed by atoms with Crippen molar-refractivity contribution in [1.82, 2.24) is 0 Å². The SMILES string of the molecule is CC(C)C(=O)CC1=NC=CC1.